The number of benzene rings is 1. The molecule has 136 valence electrons. The number of rotatable bonds is 5. The van der Waals surface area contributed by atoms with E-state index in [0.717, 1.165) is 29.7 Å². The minimum Gasteiger partial charge on any atom is -0.494 e. The molecule has 0 radical (unpaired) electrons. The maximum absolute atomic E-state index is 12.6. The number of ether oxygens (including phenoxy) is 2. The topological polar surface area (TPSA) is 81.2 Å². The molecule has 0 bridgehead atoms. The van der Waals surface area contributed by atoms with Crippen molar-refractivity contribution in [2.75, 3.05) is 26.3 Å². The fraction of sp³-hybridized carbons (Fsp3) is 0.368. The van der Waals surface area contributed by atoms with Crippen molar-refractivity contribution in [1.82, 2.24) is 19.9 Å². The quantitative estimate of drug-likeness (QED) is 0.730. The predicted octanol–water partition coefficient (Wildman–Crippen LogP) is 1.78. The number of nitrogens with zero attached hydrogens (tertiary/aromatic N) is 2. The lowest BCUT2D eigenvalue weighted by molar-refractivity contribution is 0.0185. The summed E-state index contributed by atoms with van der Waals surface area (Å²) in [4.78, 5) is 20.0. The summed E-state index contributed by atoms with van der Waals surface area (Å²) in [5, 5.41) is 4.23. The summed E-state index contributed by atoms with van der Waals surface area (Å²) in [5.74, 6) is 1.42. The van der Waals surface area contributed by atoms with Crippen LogP contribution in [-0.2, 0) is 11.3 Å². The lowest BCUT2D eigenvalue weighted by Gasteiger charge is -2.24. The number of nitrogens with one attached hydrogen (secondary N) is 2. The van der Waals surface area contributed by atoms with Gasteiger partial charge in [-0.1, -0.05) is 0 Å². The Morgan fingerprint density at radius 2 is 2.31 bits per heavy atom. The first kappa shape index (κ1) is 16.8. The second-order valence-corrected chi connectivity index (χ2v) is 6.29. The lowest BCUT2D eigenvalue weighted by Crippen LogP contribution is -2.40. The molecule has 3 heterocycles. The van der Waals surface area contributed by atoms with Crippen LogP contribution in [0.3, 0.4) is 0 Å². The number of fused-ring (bicyclic) bond motifs is 1. The molecule has 1 aromatic carbocycles. The van der Waals surface area contributed by atoms with Gasteiger partial charge in [0.05, 0.1) is 31.4 Å². The fourth-order valence-corrected chi connectivity index (χ4v) is 3.26. The second kappa shape index (κ2) is 7.31. The minimum atomic E-state index is -0.156. The molecule has 0 amide bonds. The third-order valence-electron chi connectivity index (χ3n) is 4.49. The normalized spacial score (nSPS) is 17.5. The van der Waals surface area contributed by atoms with Gasteiger partial charge in [-0.15, -0.1) is 0 Å². The van der Waals surface area contributed by atoms with E-state index >= 15 is 0 Å². The molecule has 3 aromatic rings. The van der Waals surface area contributed by atoms with Crippen molar-refractivity contribution in [3.63, 3.8) is 0 Å². The summed E-state index contributed by atoms with van der Waals surface area (Å²) in [7, 11) is 0. The number of pyridine rings is 1. The summed E-state index contributed by atoms with van der Waals surface area (Å²) in [6.07, 6.45) is 3.67. The summed E-state index contributed by atoms with van der Waals surface area (Å²) in [5.41, 5.74) is 1.16. The molecule has 7 heteroatoms. The van der Waals surface area contributed by atoms with Gasteiger partial charge in [-0.3, -0.25) is 4.79 Å². The van der Waals surface area contributed by atoms with E-state index in [2.05, 4.69) is 15.3 Å². The van der Waals surface area contributed by atoms with Gasteiger partial charge in [0.15, 0.2) is 0 Å². The van der Waals surface area contributed by atoms with Crippen molar-refractivity contribution >= 4 is 10.9 Å². The molecule has 1 fully saturated rings. The Morgan fingerprint density at radius 1 is 1.38 bits per heavy atom. The van der Waals surface area contributed by atoms with Crippen LogP contribution in [0.4, 0.5) is 0 Å². The standard InChI is InChI=1S/C19H22N4O3/c1-2-25-14-3-4-17-13(9-14)10-16(19(24)22-17)18-21-5-7-23(18)12-15-11-20-6-8-26-15/h3-5,7,9-10,15,20H,2,6,8,11-12H2,1H3,(H,22,24). The molecule has 0 aliphatic carbocycles. The van der Waals surface area contributed by atoms with Crippen molar-refractivity contribution in [2.24, 2.45) is 0 Å². The van der Waals surface area contributed by atoms with Crippen LogP contribution >= 0.6 is 0 Å². The Kier molecular flexibility index (Phi) is 4.73. The zero-order valence-corrected chi connectivity index (χ0v) is 14.7. The van der Waals surface area contributed by atoms with Gasteiger partial charge in [-0.25, -0.2) is 4.98 Å². The van der Waals surface area contributed by atoms with E-state index in [1.54, 1.807) is 6.20 Å². The summed E-state index contributed by atoms with van der Waals surface area (Å²) >= 11 is 0. The highest BCUT2D eigenvalue weighted by atomic mass is 16.5. The zero-order valence-electron chi connectivity index (χ0n) is 14.7. The van der Waals surface area contributed by atoms with E-state index in [4.69, 9.17) is 9.47 Å². The molecule has 1 aliphatic heterocycles. The Bertz CT molecular complexity index is 957. The minimum absolute atomic E-state index is 0.0702. The molecular formula is C19H22N4O3. The van der Waals surface area contributed by atoms with Crippen molar-refractivity contribution < 1.29 is 9.47 Å². The van der Waals surface area contributed by atoms with E-state index < -0.39 is 0 Å². The third-order valence-corrected chi connectivity index (χ3v) is 4.49. The summed E-state index contributed by atoms with van der Waals surface area (Å²) < 4.78 is 13.3. The SMILES string of the molecule is CCOc1ccc2[nH]c(=O)c(-c3nccn3CC3CNCCO3)cc2c1. The maximum Gasteiger partial charge on any atom is 0.259 e. The highest BCUT2D eigenvalue weighted by Gasteiger charge is 2.18. The highest BCUT2D eigenvalue weighted by Crippen LogP contribution is 2.23. The van der Waals surface area contributed by atoms with Crippen LogP contribution in [0.25, 0.3) is 22.3 Å². The Hall–Kier alpha value is -2.64. The van der Waals surface area contributed by atoms with Crippen LogP contribution < -0.4 is 15.6 Å². The van der Waals surface area contributed by atoms with Crippen LogP contribution in [0, 0.1) is 0 Å². The highest BCUT2D eigenvalue weighted by molar-refractivity contribution is 5.83. The van der Waals surface area contributed by atoms with Gasteiger partial charge in [-0.2, -0.15) is 0 Å². The van der Waals surface area contributed by atoms with E-state index in [1.165, 1.54) is 0 Å². The Balaban J connectivity index is 1.70. The van der Waals surface area contributed by atoms with Crippen LogP contribution in [0.15, 0.2) is 41.5 Å². The van der Waals surface area contributed by atoms with Crippen LogP contribution in [0.1, 0.15) is 6.92 Å². The third kappa shape index (κ3) is 3.36. The summed E-state index contributed by atoms with van der Waals surface area (Å²) in [6, 6.07) is 7.52. The average molecular weight is 354 g/mol. The molecule has 1 saturated heterocycles. The molecule has 1 unspecified atom stereocenters. The van der Waals surface area contributed by atoms with E-state index in [-0.39, 0.29) is 11.7 Å². The molecular weight excluding hydrogens is 332 g/mol. The van der Waals surface area contributed by atoms with Crippen LogP contribution in [0.5, 0.6) is 5.75 Å². The Morgan fingerprint density at radius 3 is 3.12 bits per heavy atom. The number of morpholine rings is 1. The number of hydrogen-bond donors (Lipinski definition) is 2. The lowest BCUT2D eigenvalue weighted by atomic mass is 10.1. The fourth-order valence-electron chi connectivity index (χ4n) is 3.26. The summed E-state index contributed by atoms with van der Waals surface area (Å²) in [6.45, 7) is 5.57. The van der Waals surface area contributed by atoms with Gasteiger partial charge in [-0.05, 0) is 31.2 Å². The molecule has 0 saturated carbocycles. The number of aromatic amines is 1. The number of H-pyrrole nitrogens is 1. The molecule has 2 aromatic heterocycles. The van der Waals surface area contributed by atoms with Crippen molar-refractivity contribution in [2.45, 2.75) is 19.6 Å². The molecule has 1 aliphatic rings. The van der Waals surface area contributed by atoms with Gasteiger partial charge >= 0.3 is 0 Å². The monoisotopic (exact) mass is 354 g/mol. The molecule has 1 atom stereocenters. The van der Waals surface area contributed by atoms with Gasteiger partial charge in [0.1, 0.15) is 11.6 Å². The Labute approximate surface area is 151 Å². The number of imidazole rings is 1. The van der Waals surface area contributed by atoms with E-state index in [9.17, 15) is 4.79 Å². The zero-order chi connectivity index (χ0) is 17.9. The number of hydrogen-bond acceptors (Lipinski definition) is 5. The van der Waals surface area contributed by atoms with Crippen molar-refractivity contribution in [3.05, 3.63) is 47.0 Å². The molecule has 26 heavy (non-hydrogen) atoms. The van der Waals surface area contributed by atoms with Crippen LogP contribution in [0.2, 0.25) is 0 Å². The molecule has 4 rings (SSSR count). The van der Waals surface area contributed by atoms with Gasteiger partial charge < -0.3 is 24.3 Å². The molecule has 7 nitrogen and oxygen atoms in total. The first-order chi connectivity index (χ1) is 12.7. The van der Waals surface area contributed by atoms with Gasteiger partial charge in [0.2, 0.25) is 0 Å². The van der Waals surface area contributed by atoms with Crippen LogP contribution in [-0.4, -0.2) is 46.9 Å². The predicted molar refractivity (Wildman–Crippen MR) is 99.6 cm³/mol. The smallest absolute Gasteiger partial charge is 0.259 e. The van der Waals surface area contributed by atoms with E-state index in [1.807, 2.05) is 42.0 Å². The average Bonchev–Trinajstić information content (AvgIpc) is 3.10. The van der Waals surface area contributed by atoms with Gasteiger partial charge in [0, 0.05) is 36.4 Å². The van der Waals surface area contributed by atoms with Gasteiger partial charge in [0.25, 0.3) is 5.56 Å². The molecule has 0 spiro atoms. The second-order valence-electron chi connectivity index (χ2n) is 6.29. The van der Waals surface area contributed by atoms with E-state index in [0.29, 0.717) is 31.1 Å². The number of aromatic nitrogens is 3. The first-order valence-electron chi connectivity index (χ1n) is 8.88. The van der Waals surface area contributed by atoms with Crippen molar-refractivity contribution in [3.8, 4) is 17.1 Å². The van der Waals surface area contributed by atoms with Crippen molar-refractivity contribution in [1.29, 1.82) is 0 Å². The molecule has 2 N–H and O–H groups in total. The largest absolute Gasteiger partial charge is 0.494 e. The maximum atomic E-state index is 12.6. The first-order valence-corrected chi connectivity index (χ1v) is 8.88.